The molecule has 19 heavy (non-hydrogen) atoms. The van der Waals surface area contributed by atoms with E-state index in [0.29, 0.717) is 5.41 Å². The Morgan fingerprint density at radius 1 is 1.58 bits per heavy atom. The number of hydrogen-bond acceptors (Lipinski definition) is 4. The summed E-state index contributed by atoms with van der Waals surface area (Å²) >= 11 is 1.45. The Morgan fingerprint density at radius 3 is 2.89 bits per heavy atom. The maximum atomic E-state index is 11.6. The highest BCUT2D eigenvalue weighted by Gasteiger charge is 2.32. The summed E-state index contributed by atoms with van der Waals surface area (Å²) in [7, 11) is 0. The van der Waals surface area contributed by atoms with Gasteiger partial charge in [-0.05, 0) is 41.3 Å². The lowest BCUT2D eigenvalue weighted by Gasteiger charge is -2.27. The Morgan fingerprint density at radius 2 is 2.32 bits per heavy atom. The van der Waals surface area contributed by atoms with Crippen molar-refractivity contribution in [3.8, 4) is 0 Å². The highest BCUT2D eigenvalue weighted by atomic mass is 32.1. The van der Waals surface area contributed by atoms with Crippen molar-refractivity contribution in [1.29, 1.82) is 0 Å². The molecule has 1 aliphatic rings. The molecule has 4 nitrogen and oxygen atoms in total. The summed E-state index contributed by atoms with van der Waals surface area (Å²) in [6.45, 7) is 9.99. The summed E-state index contributed by atoms with van der Waals surface area (Å²) in [6, 6.07) is 2.03. The van der Waals surface area contributed by atoms with E-state index < -0.39 is 0 Å². The minimum atomic E-state index is -0.184. The van der Waals surface area contributed by atoms with Crippen LogP contribution in [-0.4, -0.2) is 23.9 Å². The van der Waals surface area contributed by atoms with Gasteiger partial charge in [0.2, 0.25) is 0 Å². The van der Waals surface area contributed by atoms with Crippen LogP contribution in [0.4, 0.5) is 0 Å². The van der Waals surface area contributed by atoms with Crippen molar-refractivity contribution in [3.63, 3.8) is 0 Å². The van der Waals surface area contributed by atoms with Crippen LogP contribution in [-0.2, 0) is 6.54 Å². The first-order chi connectivity index (χ1) is 8.91. The molecule has 1 fully saturated rings. The second kappa shape index (κ2) is 5.61. The molecule has 0 aromatic carbocycles. The minimum absolute atomic E-state index is 0.184. The summed E-state index contributed by atoms with van der Waals surface area (Å²) in [4.78, 5) is 14.8. The molecule has 1 saturated heterocycles. The number of likely N-dealkylation sites (tertiary alicyclic amines) is 1. The number of nitrogens with two attached hydrogens (primary N) is 1. The van der Waals surface area contributed by atoms with Crippen LogP contribution < -0.4 is 11.3 Å². The lowest BCUT2D eigenvalue weighted by atomic mass is 9.80. The number of rotatable bonds is 3. The predicted molar refractivity (Wildman–Crippen MR) is 78.8 cm³/mol. The van der Waals surface area contributed by atoms with Gasteiger partial charge >= 0.3 is 0 Å². The first-order valence-corrected chi connectivity index (χ1v) is 7.59. The van der Waals surface area contributed by atoms with Crippen molar-refractivity contribution in [2.45, 2.75) is 33.7 Å². The number of nitrogens with one attached hydrogen (secondary N) is 1. The number of nitrogen functional groups attached to an aromatic ring is 1. The van der Waals surface area contributed by atoms with Crippen molar-refractivity contribution >= 4 is 17.2 Å². The number of carbonyl (C=O) groups excluding carboxylic acids is 1. The zero-order chi connectivity index (χ0) is 14.0. The van der Waals surface area contributed by atoms with Crippen molar-refractivity contribution < 1.29 is 4.79 Å². The zero-order valence-electron chi connectivity index (χ0n) is 11.9. The molecule has 2 heterocycles. The van der Waals surface area contributed by atoms with Crippen LogP contribution in [0.2, 0.25) is 0 Å². The molecule has 3 N–H and O–H groups in total. The Hall–Kier alpha value is -0.910. The van der Waals surface area contributed by atoms with E-state index in [-0.39, 0.29) is 5.91 Å². The number of thiophene rings is 1. The maximum absolute atomic E-state index is 11.6. The number of carbonyl (C=O) groups is 1. The Bertz CT molecular complexity index is 450. The van der Waals surface area contributed by atoms with Crippen LogP contribution in [0.1, 0.15) is 42.4 Å². The molecule has 0 radical (unpaired) electrons. The van der Waals surface area contributed by atoms with Crippen molar-refractivity contribution in [3.05, 3.63) is 21.9 Å². The Labute approximate surface area is 118 Å². The molecule has 1 amide bonds. The lowest BCUT2D eigenvalue weighted by Crippen LogP contribution is -2.31. The van der Waals surface area contributed by atoms with Gasteiger partial charge in [0.05, 0.1) is 4.88 Å². The standard InChI is InChI=1S/C14H23N3OS/c1-14(2,3)11-4-6-17(9-11)8-10-5-7-19-12(10)13(18)16-15/h5,7,11H,4,6,8-9,15H2,1-3H3,(H,16,18). The van der Waals surface area contributed by atoms with E-state index in [0.717, 1.165) is 36.0 Å². The predicted octanol–water partition coefficient (Wildman–Crippen LogP) is 2.22. The van der Waals surface area contributed by atoms with Gasteiger partial charge in [-0.2, -0.15) is 0 Å². The van der Waals surface area contributed by atoms with Crippen LogP contribution in [0, 0.1) is 11.3 Å². The van der Waals surface area contributed by atoms with Gasteiger partial charge in [-0.25, -0.2) is 5.84 Å². The van der Waals surface area contributed by atoms with Crippen LogP contribution in [0.25, 0.3) is 0 Å². The first kappa shape index (κ1) is 14.5. The summed E-state index contributed by atoms with van der Waals surface area (Å²) in [5, 5.41) is 1.96. The average molecular weight is 281 g/mol. The highest BCUT2D eigenvalue weighted by Crippen LogP contribution is 2.34. The fourth-order valence-electron chi connectivity index (χ4n) is 2.65. The SMILES string of the molecule is CC(C)(C)C1CCN(Cc2ccsc2C(=O)NN)C1. The van der Waals surface area contributed by atoms with Gasteiger partial charge in [0.15, 0.2) is 0 Å². The molecule has 1 aromatic heterocycles. The fourth-order valence-corrected chi connectivity index (χ4v) is 3.47. The summed E-state index contributed by atoms with van der Waals surface area (Å²) < 4.78 is 0. The average Bonchev–Trinajstić information content (AvgIpc) is 2.97. The molecule has 0 bridgehead atoms. The third-order valence-electron chi connectivity index (χ3n) is 3.98. The second-order valence-electron chi connectivity index (χ2n) is 6.34. The topological polar surface area (TPSA) is 58.4 Å². The van der Waals surface area contributed by atoms with Crippen LogP contribution in [0.5, 0.6) is 0 Å². The third-order valence-corrected chi connectivity index (χ3v) is 4.93. The van der Waals surface area contributed by atoms with Gasteiger partial charge in [-0.3, -0.25) is 15.1 Å². The summed E-state index contributed by atoms with van der Waals surface area (Å²) in [6.07, 6.45) is 1.24. The number of amides is 1. The van der Waals surface area contributed by atoms with E-state index in [1.54, 1.807) is 0 Å². The van der Waals surface area contributed by atoms with Gasteiger partial charge in [0.25, 0.3) is 5.91 Å². The van der Waals surface area contributed by atoms with Crippen LogP contribution in [0.3, 0.4) is 0 Å². The van der Waals surface area contributed by atoms with E-state index in [2.05, 4.69) is 31.1 Å². The zero-order valence-corrected chi connectivity index (χ0v) is 12.7. The number of hydrazine groups is 1. The molecule has 0 spiro atoms. The van der Waals surface area contributed by atoms with E-state index in [1.807, 2.05) is 11.4 Å². The van der Waals surface area contributed by atoms with E-state index >= 15 is 0 Å². The van der Waals surface area contributed by atoms with Crippen LogP contribution in [0.15, 0.2) is 11.4 Å². The van der Waals surface area contributed by atoms with E-state index in [1.165, 1.54) is 17.8 Å². The minimum Gasteiger partial charge on any atom is -0.299 e. The molecule has 2 rings (SSSR count). The van der Waals surface area contributed by atoms with Gasteiger partial charge in [-0.1, -0.05) is 20.8 Å². The smallest absolute Gasteiger partial charge is 0.275 e. The Kier molecular flexibility index (Phi) is 4.28. The third kappa shape index (κ3) is 3.35. The Balaban J connectivity index is 2.00. The molecule has 1 aliphatic heterocycles. The van der Waals surface area contributed by atoms with Crippen LogP contribution >= 0.6 is 11.3 Å². The molecular weight excluding hydrogens is 258 g/mol. The maximum Gasteiger partial charge on any atom is 0.275 e. The van der Waals surface area contributed by atoms with Gasteiger partial charge < -0.3 is 0 Å². The number of hydrogen-bond donors (Lipinski definition) is 2. The molecule has 0 aliphatic carbocycles. The van der Waals surface area contributed by atoms with Crippen molar-refractivity contribution in [2.24, 2.45) is 17.2 Å². The van der Waals surface area contributed by atoms with E-state index in [4.69, 9.17) is 5.84 Å². The number of nitrogens with zero attached hydrogens (tertiary/aromatic N) is 1. The molecule has 1 unspecified atom stereocenters. The fraction of sp³-hybridized carbons (Fsp3) is 0.643. The highest BCUT2D eigenvalue weighted by molar-refractivity contribution is 7.12. The van der Waals surface area contributed by atoms with Gasteiger partial charge in [0, 0.05) is 13.1 Å². The molecule has 1 aromatic rings. The molecule has 1 atom stereocenters. The summed E-state index contributed by atoms with van der Waals surface area (Å²) in [5.74, 6) is 5.76. The molecule has 106 valence electrons. The lowest BCUT2D eigenvalue weighted by molar-refractivity contribution is 0.0956. The van der Waals surface area contributed by atoms with Gasteiger partial charge in [-0.15, -0.1) is 11.3 Å². The molecular formula is C14H23N3OS. The molecule has 0 saturated carbocycles. The quantitative estimate of drug-likeness (QED) is 0.507. The monoisotopic (exact) mass is 281 g/mol. The van der Waals surface area contributed by atoms with Crippen molar-refractivity contribution in [1.82, 2.24) is 10.3 Å². The van der Waals surface area contributed by atoms with Gasteiger partial charge in [0.1, 0.15) is 0 Å². The normalized spacial score (nSPS) is 20.7. The second-order valence-corrected chi connectivity index (χ2v) is 7.25. The largest absolute Gasteiger partial charge is 0.299 e. The van der Waals surface area contributed by atoms with E-state index in [9.17, 15) is 4.79 Å². The first-order valence-electron chi connectivity index (χ1n) is 6.71. The summed E-state index contributed by atoms with van der Waals surface area (Å²) in [5.41, 5.74) is 3.67. The van der Waals surface area contributed by atoms with Crippen molar-refractivity contribution in [2.75, 3.05) is 13.1 Å². The molecule has 5 heteroatoms.